The molecule has 0 saturated heterocycles. The van der Waals surface area contributed by atoms with Crippen molar-refractivity contribution in [3.8, 4) is 0 Å². The summed E-state index contributed by atoms with van der Waals surface area (Å²) < 4.78 is 5.20. The number of pyridine rings is 1. The first kappa shape index (κ1) is 11.7. The van der Waals surface area contributed by atoms with Crippen molar-refractivity contribution in [2.75, 3.05) is 0 Å². The number of amides is 1. The lowest BCUT2D eigenvalue weighted by Gasteiger charge is -2.11. The first-order chi connectivity index (χ1) is 8.18. The molecule has 17 heavy (non-hydrogen) atoms. The fourth-order valence-electron chi connectivity index (χ4n) is 1.44. The van der Waals surface area contributed by atoms with Gasteiger partial charge in [-0.15, -0.1) is 0 Å². The van der Waals surface area contributed by atoms with Crippen molar-refractivity contribution < 1.29 is 9.21 Å². The Hall–Kier alpha value is -1.81. The molecule has 0 fully saturated rings. The number of nitrogens with zero attached hydrogens (tertiary/aromatic N) is 1. The standard InChI is InChI=1S/C12H11ClN2O2/c1-8(11-3-2-6-17-11)15-12(16)9-4-5-14-7-10(9)13/h2-8H,1H3,(H,15,16). The zero-order valence-corrected chi connectivity index (χ0v) is 9.94. The molecule has 0 aromatic carbocycles. The van der Waals surface area contributed by atoms with E-state index in [9.17, 15) is 4.79 Å². The third-order valence-electron chi connectivity index (χ3n) is 2.33. The molecule has 2 aromatic rings. The highest BCUT2D eigenvalue weighted by Crippen LogP contribution is 2.16. The summed E-state index contributed by atoms with van der Waals surface area (Å²) in [6.07, 6.45) is 4.53. The quantitative estimate of drug-likeness (QED) is 0.911. The van der Waals surface area contributed by atoms with Gasteiger partial charge in [0.1, 0.15) is 5.76 Å². The van der Waals surface area contributed by atoms with Gasteiger partial charge in [-0.05, 0) is 25.1 Å². The second kappa shape index (κ2) is 5.01. The molecule has 1 atom stereocenters. The Morgan fingerprint density at radius 1 is 1.53 bits per heavy atom. The molecule has 2 rings (SSSR count). The molecule has 1 N–H and O–H groups in total. The molecule has 2 heterocycles. The highest BCUT2D eigenvalue weighted by molar-refractivity contribution is 6.33. The number of hydrogen-bond acceptors (Lipinski definition) is 3. The van der Waals surface area contributed by atoms with Gasteiger partial charge in [0.15, 0.2) is 0 Å². The van der Waals surface area contributed by atoms with E-state index in [1.807, 2.05) is 6.92 Å². The zero-order chi connectivity index (χ0) is 12.3. The molecule has 2 aromatic heterocycles. The second-order valence-electron chi connectivity index (χ2n) is 3.57. The smallest absolute Gasteiger partial charge is 0.253 e. The van der Waals surface area contributed by atoms with Gasteiger partial charge < -0.3 is 9.73 Å². The predicted molar refractivity (Wildman–Crippen MR) is 63.8 cm³/mol. The van der Waals surface area contributed by atoms with Crippen LogP contribution in [0.1, 0.15) is 29.1 Å². The minimum Gasteiger partial charge on any atom is -0.467 e. The lowest BCUT2D eigenvalue weighted by Crippen LogP contribution is -2.26. The SMILES string of the molecule is CC(NC(=O)c1ccncc1Cl)c1ccco1. The molecule has 0 spiro atoms. The maximum absolute atomic E-state index is 11.9. The van der Waals surface area contributed by atoms with Gasteiger partial charge in [-0.2, -0.15) is 0 Å². The van der Waals surface area contributed by atoms with Crippen LogP contribution in [0.5, 0.6) is 0 Å². The van der Waals surface area contributed by atoms with E-state index in [0.29, 0.717) is 16.3 Å². The van der Waals surface area contributed by atoms with Gasteiger partial charge >= 0.3 is 0 Å². The molecule has 4 nitrogen and oxygen atoms in total. The summed E-state index contributed by atoms with van der Waals surface area (Å²) in [7, 11) is 0. The monoisotopic (exact) mass is 250 g/mol. The lowest BCUT2D eigenvalue weighted by atomic mass is 10.2. The van der Waals surface area contributed by atoms with Crippen LogP contribution in [0.2, 0.25) is 5.02 Å². The third-order valence-corrected chi connectivity index (χ3v) is 2.64. The highest BCUT2D eigenvalue weighted by Gasteiger charge is 2.15. The van der Waals surface area contributed by atoms with Crippen LogP contribution in [0.3, 0.4) is 0 Å². The average Bonchev–Trinajstić information content (AvgIpc) is 2.82. The van der Waals surface area contributed by atoms with E-state index in [1.165, 1.54) is 12.4 Å². The number of halogens is 1. The van der Waals surface area contributed by atoms with E-state index >= 15 is 0 Å². The van der Waals surface area contributed by atoms with E-state index < -0.39 is 0 Å². The summed E-state index contributed by atoms with van der Waals surface area (Å²) in [5.74, 6) is 0.449. The van der Waals surface area contributed by atoms with E-state index in [4.69, 9.17) is 16.0 Å². The Morgan fingerprint density at radius 2 is 2.35 bits per heavy atom. The zero-order valence-electron chi connectivity index (χ0n) is 9.18. The topological polar surface area (TPSA) is 55.1 Å². The van der Waals surface area contributed by atoms with Gasteiger partial charge in [0.2, 0.25) is 0 Å². The van der Waals surface area contributed by atoms with E-state index in [0.717, 1.165) is 0 Å². The van der Waals surface area contributed by atoms with E-state index in [-0.39, 0.29) is 11.9 Å². The van der Waals surface area contributed by atoms with Gasteiger partial charge in [-0.25, -0.2) is 0 Å². The maximum Gasteiger partial charge on any atom is 0.253 e. The van der Waals surface area contributed by atoms with Crippen molar-refractivity contribution in [2.45, 2.75) is 13.0 Å². The number of hydrogen-bond donors (Lipinski definition) is 1. The van der Waals surface area contributed by atoms with Crippen LogP contribution in [0, 0.1) is 0 Å². The van der Waals surface area contributed by atoms with E-state index in [1.54, 1.807) is 24.5 Å². The van der Waals surface area contributed by atoms with Gasteiger partial charge in [0, 0.05) is 12.4 Å². The van der Waals surface area contributed by atoms with Crippen molar-refractivity contribution in [3.05, 3.63) is 53.2 Å². The van der Waals surface area contributed by atoms with Crippen molar-refractivity contribution in [3.63, 3.8) is 0 Å². The first-order valence-corrected chi connectivity index (χ1v) is 5.50. The maximum atomic E-state index is 11.9. The number of nitrogens with one attached hydrogen (secondary N) is 1. The Balaban J connectivity index is 2.10. The van der Waals surface area contributed by atoms with Crippen molar-refractivity contribution in [2.24, 2.45) is 0 Å². The molecule has 88 valence electrons. The molecule has 1 amide bonds. The fourth-order valence-corrected chi connectivity index (χ4v) is 1.65. The summed E-state index contributed by atoms with van der Waals surface area (Å²) in [6, 6.07) is 4.95. The summed E-state index contributed by atoms with van der Waals surface area (Å²) in [6.45, 7) is 1.84. The largest absolute Gasteiger partial charge is 0.467 e. The molecule has 5 heteroatoms. The number of carbonyl (C=O) groups is 1. The second-order valence-corrected chi connectivity index (χ2v) is 3.97. The Bertz CT molecular complexity index is 511. The van der Waals surface area contributed by atoms with Crippen LogP contribution in [0.15, 0.2) is 41.3 Å². The fraction of sp³-hybridized carbons (Fsp3) is 0.167. The Morgan fingerprint density at radius 3 is 3.00 bits per heavy atom. The van der Waals surface area contributed by atoms with Gasteiger partial charge in [-0.1, -0.05) is 11.6 Å². The number of aromatic nitrogens is 1. The molecule has 0 aliphatic carbocycles. The van der Waals surface area contributed by atoms with Crippen LogP contribution < -0.4 is 5.32 Å². The van der Waals surface area contributed by atoms with Crippen LogP contribution in [0.25, 0.3) is 0 Å². The molecule has 1 unspecified atom stereocenters. The van der Waals surface area contributed by atoms with Crippen LogP contribution in [0.4, 0.5) is 0 Å². The van der Waals surface area contributed by atoms with E-state index in [2.05, 4.69) is 10.3 Å². The molecule has 0 radical (unpaired) electrons. The lowest BCUT2D eigenvalue weighted by molar-refractivity contribution is 0.0935. The van der Waals surface area contributed by atoms with Crippen molar-refractivity contribution in [1.82, 2.24) is 10.3 Å². The molecule has 0 aliphatic heterocycles. The third kappa shape index (κ3) is 2.65. The minimum absolute atomic E-state index is 0.207. The Kier molecular flexibility index (Phi) is 3.44. The molecule has 0 aliphatic rings. The highest BCUT2D eigenvalue weighted by atomic mass is 35.5. The van der Waals surface area contributed by atoms with Crippen LogP contribution >= 0.6 is 11.6 Å². The summed E-state index contributed by atoms with van der Waals surface area (Å²) in [5, 5.41) is 3.12. The van der Waals surface area contributed by atoms with Gasteiger partial charge in [0.25, 0.3) is 5.91 Å². The normalized spacial score (nSPS) is 12.1. The molecule has 0 bridgehead atoms. The number of carbonyl (C=O) groups excluding carboxylic acids is 1. The van der Waals surface area contributed by atoms with Crippen LogP contribution in [-0.4, -0.2) is 10.9 Å². The minimum atomic E-state index is -0.249. The average molecular weight is 251 g/mol. The Labute approximate surface area is 104 Å². The van der Waals surface area contributed by atoms with Crippen molar-refractivity contribution >= 4 is 17.5 Å². The predicted octanol–water partition coefficient (Wildman–Crippen LogP) is 2.82. The first-order valence-electron chi connectivity index (χ1n) is 5.12. The summed E-state index contributed by atoms with van der Waals surface area (Å²) >= 11 is 5.88. The molecular weight excluding hydrogens is 240 g/mol. The number of furan rings is 1. The molecular formula is C12H11ClN2O2. The van der Waals surface area contributed by atoms with Gasteiger partial charge in [0.05, 0.1) is 22.9 Å². The van der Waals surface area contributed by atoms with Crippen LogP contribution in [-0.2, 0) is 0 Å². The van der Waals surface area contributed by atoms with Crippen molar-refractivity contribution in [1.29, 1.82) is 0 Å². The summed E-state index contributed by atoms with van der Waals surface area (Å²) in [5.41, 5.74) is 0.403. The van der Waals surface area contributed by atoms with Gasteiger partial charge in [-0.3, -0.25) is 9.78 Å². The summed E-state index contributed by atoms with van der Waals surface area (Å²) in [4.78, 5) is 15.7. The molecule has 0 saturated carbocycles. The number of rotatable bonds is 3.